The van der Waals surface area contributed by atoms with Crippen LogP contribution in [0.2, 0.25) is 0 Å². The largest absolute Gasteiger partial charge is 0.0881 e. The van der Waals surface area contributed by atoms with E-state index < -0.39 is 0 Å². The van der Waals surface area contributed by atoms with Crippen molar-refractivity contribution in [3.05, 3.63) is 46.0 Å². The van der Waals surface area contributed by atoms with Crippen LogP contribution in [0.3, 0.4) is 0 Å². The molecule has 2 rings (SSSR count). The fraction of sp³-hybridized carbons (Fsp3) is 0.529. The van der Waals surface area contributed by atoms with E-state index in [-0.39, 0.29) is 0 Å². The van der Waals surface area contributed by atoms with Crippen LogP contribution < -0.4 is 0 Å². The highest BCUT2D eigenvalue weighted by atomic mass is 79.9. The molecule has 1 saturated carbocycles. The molecule has 0 nitrogen and oxygen atoms in total. The molecule has 18 heavy (non-hydrogen) atoms. The molecule has 1 unspecified atom stereocenters. The maximum Gasteiger partial charge on any atom is 0.0207 e. The number of hydrogen-bond donors (Lipinski definition) is 0. The fourth-order valence-electron chi connectivity index (χ4n) is 3.24. The quantitative estimate of drug-likeness (QED) is 0.609. The molecule has 0 spiro atoms. The molecule has 0 heterocycles. The van der Waals surface area contributed by atoms with E-state index in [0.29, 0.717) is 11.3 Å². The van der Waals surface area contributed by atoms with Gasteiger partial charge in [0.2, 0.25) is 0 Å². The van der Waals surface area contributed by atoms with Gasteiger partial charge < -0.3 is 0 Å². The predicted molar refractivity (Wildman–Crippen MR) is 82.7 cm³/mol. The summed E-state index contributed by atoms with van der Waals surface area (Å²) in [7, 11) is 0. The molecule has 0 saturated heterocycles. The molecule has 1 heteroatoms. The highest BCUT2D eigenvalue weighted by Crippen LogP contribution is 2.45. The van der Waals surface area contributed by atoms with Crippen molar-refractivity contribution in [2.75, 3.05) is 0 Å². The monoisotopic (exact) mass is 306 g/mol. The lowest BCUT2D eigenvalue weighted by molar-refractivity contribution is 0.188. The van der Waals surface area contributed by atoms with Gasteiger partial charge in [-0.1, -0.05) is 59.6 Å². The van der Waals surface area contributed by atoms with Crippen LogP contribution in [0.25, 0.3) is 0 Å². The van der Waals surface area contributed by atoms with Gasteiger partial charge in [-0.15, -0.1) is 0 Å². The lowest BCUT2D eigenvalue weighted by Gasteiger charge is -2.41. The van der Waals surface area contributed by atoms with E-state index in [1.165, 1.54) is 29.3 Å². The average molecular weight is 307 g/mol. The molecule has 0 amide bonds. The number of allylic oxidation sites excluding steroid dienone is 2. The van der Waals surface area contributed by atoms with E-state index >= 15 is 0 Å². The zero-order chi connectivity index (χ0) is 13.2. The Morgan fingerprint density at radius 3 is 2.72 bits per heavy atom. The summed E-state index contributed by atoms with van der Waals surface area (Å²) in [5.74, 6) is 0.690. The van der Waals surface area contributed by atoms with E-state index in [4.69, 9.17) is 0 Å². The first kappa shape index (κ1) is 13.9. The van der Waals surface area contributed by atoms with Gasteiger partial charge >= 0.3 is 0 Å². The van der Waals surface area contributed by atoms with Crippen molar-refractivity contribution < 1.29 is 0 Å². The Kier molecular flexibility index (Phi) is 4.32. The molecular formula is C17H23Br. The lowest BCUT2D eigenvalue weighted by atomic mass is 9.64. The first-order chi connectivity index (χ1) is 8.54. The van der Waals surface area contributed by atoms with Crippen LogP contribution in [0.15, 0.2) is 40.4 Å². The van der Waals surface area contributed by atoms with Crippen molar-refractivity contribution >= 4 is 15.9 Å². The fourth-order valence-corrected chi connectivity index (χ4v) is 3.68. The molecule has 0 bridgehead atoms. The summed E-state index contributed by atoms with van der Waals surface area (Å²) in [4.78, 5) is 0. The van der Waals surface area contributed by atoms with Crippen molar-refractivity contribution in [2.24, 2.45) is 11.3 Å². The van der Waals surface area contributed by atoms with Gasteiger partial charge in [0.05, 0.1) is 0 Å². The van der Waals surface area contributed by atoms with Crippen molar-refractivity contribution in [1.82, 2.24) is 0 Å². The van der Waals surface area contributed by atoms with Crippen LogP contribution in [0.1, 0.15) is 45.6 Å². The van der Waals surface area contributed by atoms with Gasteiger partial charge in [-0.25, -0.2) is 0 Å². The molecule has 0 N–H and O–H groups in total. The molecular weight excluding hydrogens is 284 g/mol. The Hall–Kier alpha value is -0.560. The Morgan fingerprint density at radius 2 is 2.06 bits per heavy atom. The molecule has 98 valence electrons. The topological polar surface area (TPSA) is 0 Å². The third-order valence-electron chi connectivity index (χ3n) is 4.43. The number of benzene rings is 1. The van der Waals surface area contributed by atoms with Gasteiger partial charge in [0.1, 0.15) is 0 Å². The van der Waals surface area contributed by atoms with Crippen molar-refractivity contribution in [2.45, 2.75) is 46.5 Å². The molecule has 0 aromatic heterocycles. The summed E-state index contributed by atoms with van der Waals surface area (Å²) in [5.41, 5.74) is 3.52. The number of halogens is 1. The minimum atomic E-state index is 0.426. The van der Waals surface area contributed by atoms with Crippen LogP contribution >= 0.6 is 15.9 Å². The predicted octanol–water partition coefficient (Wildman–Crippen LogP) is 5.76. The summed E-state index contributed by atoms with van der Waals surface area (Å²) in [5, 5.41) is 0. The second-order valence-electron chi connectivity index (χ2n) is 6.05. The Labute approximate surface area is 120 Å². The summed E-state index contributed by atoms with van der Waals surface area (Å²) in [6.07, 6.45) is 7.49. The standard InChI is InChI=1S/C17H23Br/c1-4-13-9-7-11-17(2,3)15(13)12-14-8-5-6-10-16(14)18/h4-6,8,10,15H,7,9,11-12H2,1-3H3/b13-4+. The minimum absolute atomic E-state index is 0.426. The van der Waals surface area contributed by atoms with Crippen LogP contribution in [0, 0.1) is 11.3 Å². The van der Waals surface area contributed by atoms with Gasteiger partial charge in [-0.3, -0.25) is 0 Å². The molecule has 1 aliphatic rings. The van der Waals surface area contributed by atoms with Gasteiger partial charge in [0.25, 0.3) is 0 Å². The average Bonchev–Trinajstić information content (AvgIpc) is 2.33. The number of rotatable bonds is 2. The second kappa shape index (κ2) is 5.61. The molecule has 1 fully saturated rings. The van der Waals surface area contributed by atoms with Crippen LogP contribution in [0.4, 0.5) is 0 Å². The SMILES string of the molecule is C/C=C1\CCCC(C)(C)C1Cc1ccccc1Br. The van der Waals surface area contributed by atoms with E-state index in [2.05, 4.69) is 67.0 Å². The second-order valence-corrected chi connectivity index (χ2v) is 6.91. The smallest absolute Gasteiger partial charge is 0.0207 e. The molecule has 0 radical (unpaired) electrons. The summed E-state index contributed by atoms with van der Waals surface area (Å²) in [6, 6.07) is 8.64. The molecule has 1 aromatic carbocycles. The summed E-state index contributed by atoms with van der Waals surface area (Å²) >= 11 is 3.68. The normalized spacial score (nSPS) is 25.3. The zero-order valence-corrected chi connectivity index (χ0v) is 13.3. The Balaban J connectivity index is 2.27. The van der Waals surface area contributed by atoms with Gasteiger partial charge in [0, 0.05) is 4.47 Å². The van der Waals surface area contributed by atoms with E-state index in [1.807, 2.05) is 0 Å². The van der Waals surface area contributed by atoms with Gasteiger partial charge in [-0.05, 0) is 55.6 Å². The van der Waals surface area contributed by atoms with E-state index in [0.717, 1.165) is 6.42 Å². The van der Waals surface area contributed by atoms with E-state index in [1.54, 1.807) is 5.57 Å². The lowest BCUT2D eigenvalue weighted by Crippen LogP contribution is -2.31. The molecule has 1 atom stereocenters. The summed E-state index contributed by atoms with van der Waals surface area (Å²) < 4.78 is 1.25. The first-order valence-corrected chi connectivity index (χ1v) is 7.72. The number of hydrogen-bond acceptors (Lipinski definition) is 0. The molecule has 0 aliphatic heterocycles. The third kappa shape index (κ3) is 2.88. The maximum atomic E-state index is 3.68. The Morgan fingerprint density at radius 1 is 1.33 bits per heavy atom. The van der Waals surface area contributed by atoms with Crippen molar-refractivity contribution in [3.63, 3.8) is 0 Å². The van der Waals surface area contributed by atoms with Crippen LogP contribution in [-0.4, -0.2) is 0 Å². The van der Waals surface area contributed by atoms with Crippen molar-refractivity contribution in [1.29, 1.82) is 0 Å². The Bertz CT molecular complexity index is 443. The van der Waals surface area contributed by atoms with Crippen LogP contribution in [0.5, 0.6) is 0 Å². The van der Waals surface area contributed by atoms with Crippen LogP contribution in [-0.2, 0) is 6.42 Å². The van der Waals surface area contributed by atoms with Crippen molar-refractivity contribution in [3.8, 4) is 0 Å². The van der Waals surface area contributed by atoms with E-state index in [9.17, 15) is 0 Å². The first-order valence-electron chi connectivity index (χ1n) is 6.93. The highest BCUT2D eigenvalue weighted by molar-refractivity contribution is 9.10. The summed E-state index contributed by atoms with van der Waals surface area (Å²) in [6.45, 7) is 7.05. The minimum Gasteiger partial charge on any atom is -0.0881 e. The highest BCUT2D eigenvalue weighted by Gasteiger charge is 2.35. The molecule has 1 aliphatic carbocycles. The zero-order valence-electron chi connectivity index (χ0n) is 11.7. The maximum absolute atomic E-state index is 3.68. The van der Waals surface area contributed by atoms with Gasteiger partial charge in [0.15, 0.2) is 0 Å². The van der Waals surface area contributed by atoms with Gasteiger partial charge in [-0.2, -0.15) is 0 Å². The molecule has 1 aromatic rings. The third-order valence-corrected chi connectivity index (χ3v) is 5.20.